The zero-order valence-corrected chi connectivity index (χ0v) is 12.2. The van der Waals surface area contributed by atoms with Crippen LogP contribution in [0.2, 0.25) is 0 Å². The number of aromatic nitrogens is 2. The summed E-state index contributed by atoms with van der Waals surface area (Å²) in [4.78, 5) is 19.5. The number of aromatic amines is 1. The van der Waals surface area contributed by atoms with Crippen molar-refractivity contribution in [2.45, 2.75) is 13.5 Å². The van der Waals surface area contributed by atoms with Gasteiger partial charge in [0.15, 0.2) is 5.58 Å². The third kappa shape index (κ3) is 3.00. The summed E-state index contributed by atoms with van der Waals surface area (Å²) in [5.41, 5.74) is 3.78. The molecule has 3 rings (SSSR count). The summed E-state index contributed by atoms with van der Waals surface area (Å²) in [6.07, 6.45) is 1.75. The van der Waals surface area contributed by atoms with Crippen molar-refractivity contribution in [2.75, 3.05) is 0 Å². The van der Waals surface area contributed by atoms with E-state index in [1.807, 2.05) is 19.1 Å². The van der Waals surface area contributed by atoms with Gasteiger partial charge in [0.2, 0.25) is 0 Å². The average Bonchev–Trinajstić information content (AvgIpc) is 2.85. The topological polar surface area (TPSA) is 70.9 Å². The fourth-order valence-electron chi connectivity index (χ4n) is 1.97. The Hall–Kier alpha value is -2.47. The van der Waals surface area contributed by atoms with Gasteiger partial charge in [-0.2, -0.15) is 0 Å². The van der Waals surface area contributed by atoms with Crippen molar-refractivity contribution >= 4 is 29.2 Å². The molecule has 1 aromatic carbocycles. The van der Waals surface area contributed by atoms with Crippen molar-refractivity contribution in [1.29, 1.82) is 0 Å². The molecule has 0 saturated heterocycles. The zero-order chi connectivity index (χ0) is 14.8. The van der Waals surface area contributed by atoms with Crippen LogP contribution < -0.4 is 5.32 Å². The van der Waals surface area contributed by atoms with Crippen molar-refractivity contribution in [3.05, 3.63) is 58.2 Å². The number of nitrogens with one attached hydrogen (secondary N) is 2. The van der Waals surface area contributed by atoms with E-state index in [1.54, 1.807) is 24.4 Å². The lowest BCUT2D eigenvalue weighted by Crippen LogP contribution is -2.22. The number of hydrogen-bond donors (Lipinski definition) is 2. The lowest BCUT2D eigenvalue weighted by atomic mass is 10.2. The van der Waals surface area contributed by atoms with Gasteiger partial charge < -0.3 is 14.7 Å². The van der Waals surface area contributed by atoms with Crippen molar-refractivity contribution in [3.8, 4) is 0 Å². The molecule has 21 heavy (non-hydrogen) atoms. The maximum atomic E-state index is 12.1. The van der Waals surface area contributed by atoms with Crippen LogP contribution >= 0.6 is 12.2 Å². The van der Waals surface area contributed by atoms with Crippen molar-refractivity contribution < 1.29 is 9.21 Å². The molecule has 0 aliphatic heterocycles. The fraction of sp³-hybridized carbons (Fsp3) is 0.133. The minimum absolute atomic E-state index is 0.167. The molecular weight excluding hydrogens is 286 g/mol. The van der Waals surface area contributed by atoms with Crippen LogP contribution in [0.5, 0.6) is 0 Å². The first-order valence-electron chi connectivity index (χ1n) is 6.44. The molecule has 0 aliphatic carbocycles. The number of nitrogens with zero attached hydrogens (tertiary/aromatic N) is 1. The summed E-state index contributed by atoms with van der Waals surface area (Å²) in [6, 6.07) is 9.03. The number of amides is 1. The van der Waals surface area contributed by atoms with Crippen molar-refractivity contribution in [2.24, 2.45) is 0 Å². The van der Waals surface area contributed by atoms with Gasteiger partial charge in [0.05, 0.1) is 5.52 Å². The zero-order valence-electron chi connectivity index (χ0n) is 11.3. The molecule has 0 atom stereocenters. The number of oxazole rings is 1. The molecule has 0 bridgehead atoms. The summed E-state index contributed by atoms with van der Waals surface area (Å²) >= 11 is 4.92. The van der Waals surface area contributed by atoms with Gasteiger partial charge in [-0.25, -0.2) is 0 Å². The maximum absolute atomic E-state index is 12.1. The molecule has 0 saturated carbocycles. The van der Waals surface area contributed by atoms with Gasteiger partial charge in [-0.15, -0.1) is 0 Å². The molecule has 2 aromatic heterocycles. The molecule has 1 amide bonds. The Bertz CT molecular complexity index is 849. The Morgan fingerprint density at radius 3 is 3.00 bits per heavy atom. The monoisotopic (exact) mass is 299 g/mol. The van der Waals surface area contributed by atoms with Gasteiger partial charge in [-0.3, -0.25) is 9.78 Å². The summed E-state index contributed by atoms with van der Waals surface area (Å²) in [7, 11) is 0. The number of H-pyrrole nitrogens is 1. The Labute approximate surface area is 126 Å². The average molecular weight is 299 g/mol. The number of carbonyl (C=O) groups is 1. The second kappa shape index (κ2) is 5.49. The Balaban J connectivity index is 1.74. The Morgan fingerprint density at radius 2 is 2.24 bits per heavy atom. The minimum Gasteiger partial charge on any atom is -0.429 e. The SMILES string of the molecule is Cc1ccc(CNC(=O)c2ccc3[nH]c(=S)oc3c2)cn1. The van der Waals surface area contributed by atoms with Crippen LogP contribution in [-0.2, 0) is 6.54 Å². The number of hydrogen-bond acceptors (Lipinski definition) is 4. The van der Waals surface area contributed by atoms with Crippen molar-refractivity contribution in [1.82, 2.24) is 15.3 Å². The molecule has 106 valence electrons. The second-order valence-electron chi connectivity index (χ2n) is 4.72. The highest BCUT2D eigenvalue weighted by molar-refractivity contribution is 7.71. The first-order chi connectivity index (χ1) is 10.1. The molecule has 5 nitrogen and oxygen atoms in total. The van der Waals surface area contributed by atoms with Gasteiger partial charge in [-0.1, -0.05) is 6.07 Å². The first-order valence-corrected chi connectivity index (χ1v) is 6.85. The van der Waals surface area contributed by atoms with E-state index in [4.69, 9.17) is 16.6 Å². The van der Waals surface area contributed by atoms with Gasteiger partial charge in [-0.05, 0) is 49.0 Å². The van der Waals surface area contributed by atoms with Crippen LogP contribution in [0.4, 0.5) is 0 Å². The van der Waals surface area contributed by atoms with Gasteiger partial charge in [0.1, 0.15) is 0 Å². The van der Waals surface area contributed by atoms with Crippen LogP contribution in [0, 0.1) is 11.8 Å². The van der Waals surface area contributed by atoms with Crippen LogP contribution in [-0.4, -0.2) is 15.9 Å². The van der Waals surface area contributed by atoms with E-state index in [0.29, 0.717) is 22.5 Å². The highest BCUT2D eigenvalue weighted by Gasteiger charge is 2.08. The highest BCUT2D eigenvalue weighted by atomic mass is 32.1. The number of benzene rings is 1. The lowest BCUT2D eigenvalue weighted by molar-refractivity contribution is 0.0951. The molecule has 2 N–H and O–H groups in total. The lowest BCUT2D eigenvalue weighted by Gasteiger charge is -2.05. The first kappa shape index (κ1) is 13.5. The third-order valence-corrected chi connectivity index (χ3v) is 3.29. The normalized spacial score (nSPS) is 10.7. The number of pyridine rings is 1. The number of aryl methyl sites for hydroxylation is 1. The molecular formula is C15H13N3O2S. The quantitative estimate of drug-likeness (QED) is 0.729. The van der Waals surface area contributed by atoms with Crippen LogP contribution in [0.25, 0.3) is 11.1 Å². The highest BCUT2D eigenvalue weighted by Crippen LogP contribution is 2.15. The Morgan fingerprint density at radius 1 is 1.38 bits per heavy atom. The summed E-state index contributed by atoms with van der Waals surface area (Å²) in [6.45, 7) is 2.35. The smallest absolute Gasteiger partial charge is 0.266 e. The predicted octanol–water partition coefficient (Wildman–Crippen LogP) is 3.12. The number of rotatable bonds is 3. The van der Waals surface area contributed by atoms with Crippen molar-refractivity contribution in [3.63, 3.8) is 0 Å². The minimum atomic E-state index is -0.167. The molecule has 2 heterocycles. The molecule has 0 aliphatic rings. The molecule has 0 unspecified atom stereocenters. The molecule has 0 fully saturated rings. The standard InChI is InChI=1S/C15H13N3O2S/c1-9-2-3-10(7-16-9)8-17-14(19)11-4-5-12-13(6-11)20-15(21)18-12/h2-7H,8H2,1H3,(H,17,19)(H,18,21). The third-order valence-electron chi connectivity index (χ3n) is 3.11. The Kier molecular flexibility index (Phi) is 3.53. The van der Waals surface area contributed by atoms with E-state index in [-0.39, 0.29) is 5.91 Å². The van der Waals surface area contributed by atoms with E-state index >= 15 is 0 Å². The van der Waals surface area contributed by atoms with E-state index in [1.165, 1.54) is 0 Å². The van der Waals surface area contributed by atoms with E-state index < -0.39 is 0 Å². The molecule has 0 radical (unpaired) electrons. The summed E-state index contributed by atoms with van der Waals surface area (Å²) in [5, 5.41) is 2.85. The summed E-state index contributed by atoms with van der Waals surface area (Å²) in [5.74, 6) is -0.167. The maximum Gasteiger partial charge on any atom is 0.266 e. The van der Waals surface area contributed by atoms with Gasteiger partial charge >= 0.3 is 0 Å². The van der Waals surface area contributed by atoms with Crippen LogP contribution in [0.3, 0.4) is 0 Å². The largest absolute Gasteiger partial charge is 0.429 e. The van der Waals surface area contributed by atoms with Gasteiger partial charge in [0, 0.05) is 24.0 Å². The second-order valence-corrected chi connectivity index (χ2v) is 5.09. The predicted molar refractivity (Wildman–Crippen MR) is 81.5 cm³/mol. The van der Waals surface area contributed by atoms with Crippen LogP contribution in [0.1, 0.15) is 21.6 Å². The number of fused-ring (bicyclic) bond motifs is 1. The van der Waals surface area contributed by atoms with Gasteiger partial charge in [0.25, 0.3) is 10.7 Å². The molecule has 0 spiro atoms. The fourth-order valence-corrected chi connectivity index (χ4v) is 2.17. The number of carbonyl (C=O) groups excluding carboxylic acids is 1. The van der Waals surface area contributed by atoms with Crippen LogP contribution in [0.15, 0.2) is 40.9 Å². The molecule has 3 aromatic rings. The van der Waals surface area contributed by atoms with E-state index in [0.717, 1.165) is 16.8 Å². The molecule has 6 heteroatoms. The van der Waals surface area contributed by atoms with E-state index in [2.05, 4.69) is 15.3 Å². The van der Waals surface area contributed by atoms with E-state index in [9.17, 15) is 4.79 Å². The summed E-state index contributed by atoms with van der Waals surface area (Å²) < 4.78 is 5.30.